The number of hydrogen-bond donors (Lipinski definition) is 0. The van der Waals surface area contributed by atoms with E-state index in [1.165, 1.54) is 5.56 Å². The maximum Gasteiger partial charge on any atom is 0.137 e. The van der Waals surface area contributed by atoms with Crippen molar-refractivity contribution in [2.24, 2.45) is 0 Å². The monoisotopic (exact) mass is 888 g/mol. The summed E-state index contributed by atoms with van der Waals surface area (Å²) in [5.74, 6) is 3.07. The SMILES string of the molecule is [2H]c1c([2H])c([2H])c2c(c1[2H])c1ccc3cc1n2-c1cc(C(C)(C)C)c(cn1)-c1cccc(c1)Oc1cccc(c1)-c1cc(C(C)(C)C)cc(-c2ccccc2)c1N1CN(c2cccc(c2)O3)c2ccccc21. The molecule has 3 aliphatic heterocycles. The van der Waals surface area contributed by atoms with Gasteiger partial charge in [-0.15, -0.1) is 0 Å². The van der Waals surface area contributed by atoms with Gasteiger partial charge in [-0.3, -0.25) is 4.57 Å². The lowest BCUT2D eigenvalue weighted by molar-refractivity contribution is 0.483. The molecule has 0 N–H and O–H groups in total. The molecule has 0 radical (unpaired) electrons. The number of para-hydroxylation sites is 3. The molecule has 0 saturated carbocycles. The molecular weight excluding hydrogens is 833 g/mol. The Balaban J connectivity index is 1.13. The van der Waals surface area contributed by atoms with Crippen LogP contribution in [0.5, 0.6) is 23.0 Å². The molecule has 3 aliphatic rings. The molecule has 6 heteroatoms. The average Bonchev–Trinajstić information content (AvgIpc) is 3.93. The molecule has 0 fully saturated rings. The van der Waals surface area contributed by atoms with Crippen molar-refractivity contribution in [3.63, 3.8) is 0 Å². The molecule has 10 aromatic rings. The van der Waals surface area contributed by atoms with Crippen molar-refractivity contribution in [3.05, 3.63) is 205 Å². The summed E-state index contributed by atoms with van der Waals surface area (Å²) in [6.07, 6.45) is 1.87. The highest BCUT2D eigenvalue weighted by Gasteiger charge is 2.33. The van der Waals surface area contributed by atoms with Crippen LogP contribution >= 0.6 is 0 Å². The minimum Gasteiger partial charge on any atom is -0.457 e. The summed E-state index contributed by atoms with van der Waals surface area (Å²) in [7, 11) is 0. The number of ether oxygens (including phenoxy) is 2. The topological polar surface area (TPSA) is 42.8 Å². The Morgan fingerprint density at radius 1 is 0.500 bits per heavy atom. The molecule has 12 bridgehead atoms. The second-order valence-electron chi connectivity index (χ2n) is 19.9. The van der Waals surface area contributed by atoms with Crippen LogP contribution in [-0.4, -0.2) is 16.2 Å². The predicted octanol–water partition coefficient (Wildman–Crippen LogP) is 16.9. The summed E-state index contributed by atoms with van der Waals surface area (Å²) < 4.78 is 51.4. The number of hydrogen-bond acceptors (Lipinski definition) is 5. The molecule has 0 saturated heterocycles. The first-order valence-electron chi connectivity index (χ1n) is 25.2. The van der Waals surface area contributed by atoms with Crippen molar-refractivity contribution >= 4 is 44.6 Å². The normalized spacial score (nSPS) is 14.1. The zero-order valence-electron chi connectivity index (χ0n) is 43.0. The first-order chi connectivity index (χ1) is 34.6. The number of nitrogens with zero attached hydrogens (tertiary/aromatic N) is 4. The summed E-state index contributed by atoms with van der Waals surface area (Å²) >= 11 is 0. The molecule has 6 nitrogen and oxygen atoms in total. The fourth-order valence-corrected chi connectivity index (χ4v) is 9.90. The van der Waals surface area contributed by atoms with Gasteiger partial charge in [0.15, 0.2) is 0 Å². The molecule has 0 amide bonds. The van der Waals surface area contributed by atoms with Crippen LogP contribution < -0.4 is 19.3 Å². The minimum absolute atomic E-state index is 0.108. The fourth-order valence-electron chi connectivity index (χ4n) is 9.90. The van der Waals surface area contributed by atoms with Crippen LogP contribution in [0.25, 0.3) is 61.0 Å². The van der Waals surface area contributed by atoms with Gasteiger partial charge in [0, 0.05) is 51.5 Å². The third kappa shape index (κ3) is 7.15. The van der Waals surface area contributed by atoms with Crippen LogP contribution in [0.2, 0.25) is 0 Å². The van der Waals surface area contributed by atoms with Gasteiger partial charge in [-0.25, -0.2) is 4.98 Å². The molecule has 68 heavy (non-hydrogen) atoms. The smallest absolute Gasteiger partial charge is 0.137 e. The van der Waals surface area contributed by atoms with Crippen molar-refractivity contribution in [1.82, 2.24) is 9.55 Å². The van der Waals surface area contributed by atoms with E-state index in [1.54, 1.807) is 0 Å². The number of aromatic nitrogens is 2. The third-order valence-electron chi connectivity index (χ3n) is 13.3. The highest BCUT2D eigenvalue weighted by atomic mass is 16.5. The summed E-state index contributed by atoms with van der Waals surface area (Å²) in [5.41, 5.74) is 13.0. The van der Waals surface area contributed by atoms with Crippen LogP contribution in [0.1, 0.15) is 58.2 Å². The van der Waals surface area contributed by atoms with E-state index in [1.807, 2.05) is 65.4 Å². The van der Waals surface area contributed by atoms with Crippen LogP contribution in [0.15, 0.2) is 194 Å². The Morgan fingerprint density at radius 3 is 1.81 bits per heavy atom. The number of benzene rings is 8. The van der Waals surface area contributed by atoms with Gasteiger partial charge in [0.2, 0.25) is 0 Å². The quantitative estimate of drug-likeness (QED) is 0.164. The summed E-state index contributed by atoms with van der Waals surface area (Å²) in [4.78, 5) is 9.88. The highest BCUT2D eigenvalue weighted by molar-refractivity contribution is 6.09. The largest absolute Gasteiger partial charge is 0.457 e. The van der Waals surface area contributed by atoms with Crippen molar-refractivity contribution in [3.8, 4) is 62.2 Å². The number of pyridine rings is 1. The van der Waals surface area contributed by atoms with Gasteiger partial charge in [-0.2, -0.15) is 0 Å². The van der Waals surface area contributed by atoms with E-state index in [9.17, 15) is 1.37 Å². The molecule has 8 aromatic carbocycles. The lowest BCUT2D eigenvalue weighted by atomic mass is 9.82. The molecule has 0 aliphatic carbocycles. The second kappa shape index (κ2) is 15.8. The van der Waals surface area contributed by atoms with Gasteiger partial charge in [0.25, 0.3) is 0 Å². The third-order valence-corrected chi connectivity index (χ3v) is 13.3. The number of anilines is 4. The second-order valence-corrected chi connectivity index (χ2v) is 19.9. The van der Waals surface area contributed by atoms with Crippen molar-refractivity contribution in [2.75, 3.05) is 16.5 Å². The Bertz CT molecular complexity index is 3830. The average molecular weight is 889 g/mol. The van der Waals surface area contributed by atoms with Crippen molar-refractivity contribution in [1.29, 1.82) is 0 Å². The summed E-state index contributed by atoms with van der Waals surface area (Å²) in [6.45, 7) is 13.8. The molecule has 2 aromatic heterocycles. The first kappa shape index (κ1) is 37.1. The van der Waals surface area contributed by atoms with Crippen LogP contribution in [-0.2, 0) is 10.8 Å². The standard InChI is InChI=1S/C62H52N4O2/c1-61(2,3)43-33-51(40-17-8-7-9-18-40)60-52(34-43)41-19-14-22-45(31-41)67-46-23-15-20-42(32-46)53-38-63-59(37-54(53)62(4,5)6)66-55-26-11-10-25-49(55)50-30-29-48(36-58(50)66)68-47-24-16-21-44(35-47)64-39-65(60)57-28-13-12-27-56(57)64/h7-38H,39H2,1-6H3/i10D,11D,25D,26D. The zero-order chi connectivity index (χ0) is 49.8. The molecule has 0 atom stereocenters. The minimum atomic E-state index is -0.371. The van der Waals surface area contributed by atoms with E-state index in [4.69, 9.17) is 18.6 Å². The first-order valence-corrected chi connectivity index (χ1v) is 23.2. The van der Waals surface area contributed by atoms with E-state index in [0.717, 1.165) is 61.7 Å². The predicted molar refractivity (Wildman–Crippen MR) is 281 cm³/mol. The molecule has 13 rings (SSSR count). The van der Waals surface area contributed by atoms with Gasteiger partial charge in [0.05, 0.1) is 33.6 Å². The Morgan fingerprint density at radius 2 is 1.10 bits per heavy atom. The van der Waals surface area contributed by atoms with Crippen molar-refractivity contribution < 1.29 is 15.0 Å². The van der Waals surface area contributed by atoms with Gasteiger partial charge in [-0.1, -0.05) is 132 Å². The maximum atomic E-state index is 9.28. The Labute approximate surface area is 403 Å². The van der Waals surface area contributed by atoms with Gasteiger partial charge in [0.1, 0.15) is 35.5 Å². The van der Waals surface area contributed by atoms with Crippen LogP contribution in [0, 0.1) is 0 Å². The summed E-state index contributed by atoms with van der Waals surface area (Å²) in [6, 6.07) is 55.5. The number of rotatable bonds is 1. The van der Waals surface area contributed by atoms with E-state index in [2.05, 4.69) is 161 Å². The van der Waals surface area contributed by atoms with E-state index in [0.29, 0.717) is 57.3 Å². The Hall–Kier alpha value is -8.09. The maximum absolute atomic E-state index is 9.28. The lowest BCUT2D eigenvalue weighted by Crippen LogP contribution is -2.25. The number of fused-ring (bicyclic) bond motifs is 5. The molecular formula is C62H52N4O2. The van der Waals surface area contributed by atoms with Crippen LogP contribution in [0.4, 0.5) is 22.7 Å². The highest BCUT2D eigenvalue weighted by Crippen LogP contribution is 2.52. The molecule has 0 unspecified atom stereocenters. The summed E-state index contributed by atoms with van der Waals surface area (Å²) in [5, 5.41) is 1.08. The van der Waals surface area contributed by atoms with Crippen molar-refractivity contribution in [2.45, 2.75) is 52.4 Å². The van der Waals surface area contributed by atoms with E-state index < -0.39 is 0 Å². The molecule has 332 valence electrons. The van der Waals surface area contributed by atoms with Gasteiger partial charge < -0.3 is 19.3 Å². The fraction of sp³-hybridized carbons (Fsp3) is 0.145. The molecule has 0 spiro atoms. The van der Waals surface area contributed by atoms with Gasteiger partial charge in [-0.05, 0) is 124 Å². The van der Waals surface area contributed by atoms with E-state index in [-0.39, 0.29) is 35.0 Å². The lowest BCUT2D eigenvalue weighted by Gasteiger charge is -2.30. The van der Waals surface area contributed by atoms with Crippen LogP contribution in [0.3, 0.4) is 0 Å². The zero-order valence-corrected chi connectivity index (χ0v) is 39.0. The molecule has 5 heterocycles. The van der Waals surface area contributed by atoms with Gasteiger partial charge >= 0.3 is 0 Å². The van der Waals surface area contributed by atoms with E-state index >= 15 is 0 Å². The Kier molecular flexibility index (Phi) is 8.60.